The fourth-order valence-electron chi connectivity index (χ4n) is 2.15. The van der Waals surface area contributed by atoms with Crippen LogP contribution in [0, 0.1) is 6.92 Å². The Morgan fingerprint density at radius 1 is 1.31 bits per heavy atom. The van der Waals surface area contributed by atoms with Gasteiger partial charge in [-0.2, -0.15) is 0 Å². The molecule has 0 unspecified atom stereocenters. The molecule has 1 fully saturated rings. The van der Waals surface area contributed by atoms with Crippen molar-refractivity contribution in [1.82, 2.24) is 15.2 Å². The summed E-state index contributed by atoms with van der Waals surface area (Å²) in [7, 11) is 0. The Labute approximate surface area is 97.9 Å². The van der Waals surface area contributed by atoms with Gasteiger partial charge in [0.1, 0.15) is 0 Å². The Balaban J connectivity index is 1.94. The quantitative estimate of drug-likeness (QED) is 0.818. The first kappa shape index (κ1) is 11.6. The lowest BCUT2D eigenvalue weighted by atomic mass is 10.1. The molecule has 1 N–H and O–H groups in total. The van der Waals surface area contributed by atoms with E-state index < -0.39 is 0 Å². The highest BCUT2D eigenvalue weighted by atomic mass is 15.1. The lowest BCUT2D eigenvalue weighted by Crippen LogP contribution is -2.33. The van der Waals surface area contributed by atoms with Crippen molar-refractivity contribution >= 4 is 0 Å². The van der Waals surface area contributed by atoms with Crippen LogP contribution < -0.4 is 5.32 Å². The van der Waals surface area contributed by atoms with Gasteiger partial charge in [0, 0.05) is 18.9 Å². The zero-order valence-corrected chi connectivity index (χ0v) is 10.1. The second-order valence-electron chi connectivity index (χ2n) is 4.54. The van der Waals surface area contributed by atoms with Crippen molar-refractivity contribution in [2.45, 2.75) is 26.3 Å². The summed E-state index contributed by atoms with van der Waals surface area (Å²) in [6.45, 7) is 7.93. The Morgan fingerprint density at radius 2 is 2.06 bits per heavy atom. The number of hydrogen-bond acceptors (Lipinski definition) is 3. The molecule has 0 spiro atoms. The molecule has 1 aromatic rings. The van der Waals surface area contributed by atoms with Crippen molar-refractivity contribution in [3.63, 3.8) is 0 Å². The molecule has 0 atom stereocenters. The van der Waals surface area contributed by atoms with E-state index in [4.69, 9.17) is 0 Å². The summed E-state index contributed by atoms with van der Waals surface area (Å²) in [6.07, 6.45) is 6.38. The largest absolute Gasteiger partial charge is 0.317 e. The van der Waals surface area contributed by atoms with Gasteiger partial charge < -0.3 is 5.32 Å². The molecule has 2 rings (SSSR count). The third-order valence-corrected chi connectivity index (χ3v) is 3.20. The van der Waals surface area contributed by atoms with Crippen LogP contribution in [0.2, 0.25) is 0 Å². The van der Waals surface area contributed by atoms with Gasteiger partial charge in [0.25, 0.3) is 0 Å². The van der Waals surface area contributed by atoms with E-state index in [1.165, 1.54) is 37.1 Å². The summed E-state index contributed by atoms with van der Waals surface area (Å²) in [4.78, 5) is 6.76. The molecule has 16 heavy (non-hydrogen) atoms. The van der Waals surface area contributed by atoms with Crippen LogP contribution in [-0.4, -0.2) is 36.1 Å². The van der Waals surface area contributed by atoms with Crippen molar-refractivity contribution in [2.75, 3.05) is 26.2 Å². The van der Waals surface area contributed by atoms with E-state index in [0.717, 1.165) is 19.6 Å². The van der Waals surface area contributed by atoms with Crippen molar-refractivity contribution in [3.05, 3.63) is 29.6 Å². The lowest BCUT2D eigenvalue weighted by Gasteiger charge is -2.25. The fraction of sp³-hybridized carbons (Fsp3) is 0.615. The molecular formula is C13H21N3. The summed E-state index contributed by atoms with van der Waals surface area (Å²) in [5.41, 5.74) is 2.73. The molecule has 1 saturated heterocycles. The summed E-state index contributed by atoms with van der Waals surface area (Å²) in [5, 5.41) is 3.44. The van der Waals surface area contributed by atoms with Crippen LogP contribution in [0.1, 0.15) is 24.0 Å². The van der Waals surface area contributed by atoms with Gasteiger partial charge in [0.05, 0.1) is 0 Å². The first-order valence-corrected chi connectivity index (χ1v) is 6.19. The SMILES string of the molecule is Cc1ccncc1CN1CCCNCCC1. The average Bonchev–Trinajstić information content (AvgIpc) is 2.24. The lowest BCUT2D eigenvalue weighted by molar-refractivity contribution is 0.244. The van der Waals surface area contributed by atoms with E-state index in [2.05, 4.69) is 28.2 Å². The minimum absolute atomic E-state index is 1.06. The molecular weight excluding hydrogens is 198 g/mol. The van der Waals surface area contributed by atoms with E-state index in [-0.39, 0.29) is 0 Å². The van der Waals surface area contributed by atoms with Crippen LogP contribution in [-0.2, 0) is 6.54 Å². The molecule has 2 heterocycles. The van der Waals surface area contributed by atoms with Gasteiger partial charge in [-0.3, -0.25) is 9.88 Å². The van der Waals surface area contributed by atoms with Crippen LogP contribution >= 0.6 is 0 Å². The van der Waals surface area contributed by atoms with Crippen LogP contribution in [0.3, 0.4) is 0 Å². The Morgan fingerprint density at radius 3 is 2.75 bits per heavy atom. The zero-order valence-electron chi connectivity index (χ0n) is 10.1. The summed E-state index contributed by atoms with van der Waals surface area (Å²) >= 11 is 0. The maximum absolute atomic E-state index is 4.21. The average molecular weight is 219 g/mol. The van der Waals surface area contributed by atoms with E-state index in [1.54, 1.807) is 0 Å². The van der Waals surface area contributed by atoms with Gasteiger partial charge in [-0.1, -0.05) is 0 Å². The normalized spacial score (nSPS) is 19.1. The fourth-order valence-corrected chi connectivity index (χ4v) is 2.15. The highest BCUT2D eigenvalue weighted by molar-refractivity contribution is 5.21. The molecule has 3 nitrogen and oxygen atoms in total. The van der Waals surface area contributed by atoms with Crippen molar-refractivity contribution in [3.8, 4) is 0 Å². The zero-order chi connectivity index (χ0) is 11.2. The minimum atomic E-state index is 1.06. The van der Waals surface area contributed by atoms with Crippen LogP contribution in [0.15, 0.2) is 18.5 Å². The molecule has 1 aliphatic heterocycles. The van der Waals surface area contributed by atoms with Gasteiger partial charge in [0.15, 0.2) is 0 Å². The molecule has 0 bridgehead atoms. The Hall–Kier alpha value is -0.930. The molecule has 0 saturated carbocycles. The molecule has 0 aliphatic carbocycles. The highest BCUT2D eigenvalue weighted by Crippen LogP contribution is 2.10. The molecule has 0 aromatic carbocycles. The summed E-state index contributed by atoms with van der Waals surface area (Å²) in [5.74, 6) is 0. The standard InChI is InChI=1S/C13H21N3/c1-12-4-7-15-10-13(12)11-16-8-2-5-14-6-3-9-16/h4,7,10,14H,2-3,5-6,8-9,11H2,1H3. The molecule has 1 aromatic heterocycles. The third-order valence-electron chi connectivity index (χ3n) is 3.20. The van der Waals surface area contributed by atoms with Gasteiger partial charge in [-0.15, -0.1) is 0 Å². The van der Waals surface area contributed by atoms with E-state index in [0.29, 0.717) is 0 Å². The number of hydrogen-bond donors (Lipinski definition) is 1. The molecule has 0 amide bonds. The van der Waals surface area contributed by atoms with Gasteiger partial charge in [-0.05, 0) is 63.1 Å². The third kappa shape index (κ3) is 3.29. The predicted molar refractivity (Wildman–Crippen MR) is 66.4 cm³/mol. The van der Waals surface area contributed by atoms with Crippen LogP contribution in [0.5, 0.6) is 0 Å². The van der Waals surface area contributed by atoms with Gasteiger partial charge in [-0.25, -0.2) is 0 Å². The van der Waals surface area contributed by atoms with E-state index >= 15 is 0 Å². The molecule has 1 aliphatic rings. The smallest absolute Gasteiger partial charge is 0.0315 e. The number of pyridine rings is 1. The monoisotopic (exact) mass is 219 g/mol. The second-order valence-corrected chi connectivity index (χ2v) is 4.54. The van der Waals surface area contributed by atoms with E-state index in [9.17, 15) is 0 Å². The summed E-state index contributed by atoms with van der Waals surface area (Å²) < 4.78 is 0. The molecule has 88 valence electrons. The topological polar surface area (TPSA) is 28.2 Å². The first-order chi connectivity index (χ1) is 7.86. The number of nitrogens with one attached hydrogen (secondary N) is 1. The Kier molecular flexibility index (Phi) is 4.31. The van der Waals surface area contributed by atoms with Crippen molar-refractivity contribution in [1.29, 1.82) is 0 Å². The Bertz CT molecular complexity index is 317. The highest BCUT2D eigenvalue weighted by Gasteiger charge is 2.09. The first-order valence-electron chi connectivity index (χ1n) is 6.19. The van der Waals surface area contributed by atoms with Crippen LogP contribution in [0.25, 0.3) is 0 Å². The van der Waals surface area contributed by atoms with Crippen molar-refractivity contribution < 1.29 is 0 Å². The minimum Gasteiger partial charge on any atom is -0.317 e. The number of aromatic nitrogens is 1. The van der Waals surface area contributed by atoms with E-state index in [1.807, 2.05) is 12.4 Å². The predicted octanol–water partition coefficient (Wildman–Crippen LogP) is 1.58. The van der Waals surface area contributed by atoms with Crippen molar-refractivity contribution in [2.24, 2.45) is 0 Å². The molecule has 0 radical (unpaired) electrons. The number of rotatable bonds is 2. The molecule has 3 heteroatoms. The maximum Gasteiger partial charge on any atom is 0.0315 e. The summed E-state index contributed by atoms with van der Waals surface area (Å²) in [6, 6.07) is 2.10. The maximum atomic E-state index is 4.21. The number of nitrogens with zero attached hydrogens (tertiary/aromatic N) is 2. The van der Waals surface area contributed by atoms with Crippen LogP contribution in [0.4, 0.5) is 0 Å². The van der Waals surface area contributed by atoms with Gasteiger partial charge in [0.2, 0.25) is 0 Å². The van der Waals surface area contributed by atoms with Gasteiger partial charge >= 0.3 is 0 Å². The second kappa shape index (κ2) is 5.97. The number of aryl methyl sites for hydroxylation is 1.